The van der Waals surface area contributed by atoms with Crippen LogP contribution in [0.4, 0.5) is 13.2 Å². The molecule has 0 spiro atoms. The van der Waals surface area contributed by atoms with Crippen LogP contribution < -0.4 is 9.44 Å². The van der Waals surface area contributed by atoms with E-state index in [2.05, 4.69) is 0 Å². The summed E-state index contributed by atoms with van der Waals surface area (Å²) in [6, 6.07) is 0. The highest BCUT2D eigenvalue weighted by atomic mass is 32.2. The van der Waals surface area contributed by atoms with E-state index >= 15 is 0 Å². The number of alkyl halides is 3. The molecule has 0 heterocycles. The molecule has 18 heavy (non-hydrogen) atoms. The molecule has 0 aromatic heterocycles. The van der Waals surface area contributed by atoms with Crippen LogP contribution >= 0.6 is 0 Å². The average molecular weight is 292 g/mol. The summed E-state index contributed by atoms with van der Waals surface area (Å²) in [4.78, 5) is 11.0. The smallest absolute Gasteiger partial charge is 0.402 e. The first-order chi connectivity index (χ1) is 7.98. The van der Waals surface area contributed by atoms with Gasteiger partial charge in [-0.3, -0.25) is 4.79 Å². The summed E-state index contributed by atoms with van der Waals surface area (Å²) in [5.74, 6) is -1.44. The van der Waals surface area contributed by atoms with Crippen LogP contribution in [0.2, 0.25) is 0 Å². The molecule has 0 unspecified atom stereocenters. The maximum absolute atomic E-state index is 11.9. The molecule has 0 aliphatic heterocycles. The molecule has 0 saturated carbocycles. The number of carbonyl (C=O) groups is 1. The van der Waals surface area contributed by atoms with Gasteiger partial charge in [0, 0.05) is 0 Å². The molecule has 0 aliphatic carbocycles. The molecule has 0 bridgehead atoms. The van der Waals surface area contributed by atoms with Crippen molar-refractivity contribution in [3.63, 3.8) is 0 Å². The minimum atomic E-state index is -4.71. The molecule has 3 N–H and O–H groups in total. The topological polar surface area (TPSA) is 95.5 Å². The molecule has 0 atom stereocenters. The van der Waals surface area contributed by atoms with E-state index in [1.54, 1.807) is 4.72 Å². The van der Waals surface area contributed by atoms with Gasteiger partial charge >= 0.3 is 12.1 Å². The molecule has 0 amide bonds. The monoisotopic (exact) mass is 292 g/mol. The van der Waals surface area contributed by atoms with E-state index in [0.29, 0.717) is 0 Å². The summed E-state index contributed by atoms with van der Waals surface area (Å²) in [6.07, 6.45) is -4.89. The summed E-state index contributed by atoms with van der Waals surface area (Å²) >= 11 is 0. The zero-order chi connectivity index (χ0) is 14.6. The number of carboxylic acids is 1. The van der Waals surface area contributed by atoms with E-state index in [-0.39, 0.29) is 12.8 Å². The maximum atomic E-state index is 11.9. The van der Waals surface area contributed by atoms with Crippen molar-refractivity contribution >= 4 is 16.2 Å². The predicted molar refractivity (Wildman–Crippen MR) is 57.1 cm³/mol. The molecule has 10 heteroatoms. The Morgan fingerprint density at radius 3 is 1.94 bits per heavy atom. The van der Waals surface area contributed by atoms with Crippen molar-refractivity contribution in [3.05, 3.63) is 0 Å². The average Bonchev–Trinajstić information content (AvgIpc) is 2.22. The largest absolute Gasteiger partial charge is 0.480 e. The first kappa shape index (κ1) is 17.1. The maximum Gasteiger partial charge on any atom is 0.402 e. The van der Waals surface area contributed by atoms with Gasteiger partial charge in [-0.15, -0.1) is 0 Å². The molecule has 6 nitrogen and oxygen atoms in total. The van der Waals surface area contributed by atoms with Gasteiger partial charge in [0.2, 0.25) is 0 Å². The summed E-state index contributed by atoms with van der Waals surface area (Å²) < 4.78 is 61.3. The van der Waals surface area contributed by atoms with Gasteiger partial charge in [-0.25, -0.2) is 0 Å². The lowest BCUT2D eigenvalue weighted by molar-refractivity contribution is -0.144. The molecule has 0 aliphatic rings. The molecule has 0 saturated heterocycles. The van der Waals surface area contributed by atoms with Crippen molar-refractivity contribution < 1.29 is 31.5 Å². The second kappa shape index (κ2) is 5.85. The van der Waals surface area contributed by atoms with Gasteiger partial charge in [0.05, 0.1) is 0 Å². The Labute approximate surface area is 103 Å². The third kappa shape index (κ3) is 5.19. The Morgan fingerprint density at radius 2 is 1.67 bits per heavy atom. The molecular weight excluding hydrogens is 277 g/mol. The second-order valence-electron chi connectivity index (χ2n) is 3.64. The van der Waals surface area contributed by atoms with E-state index in [1.807, 2.05) is 0 Å². The van der Waals surface area contributed by atoms with Gasteiger partial charge in [-0.1, -0.05) is 13.8 Å². The first-order valence-electron chi connectivity index (χ1n) is 5.06. The second-order valence-corrected chi connectivity index (χ2v) is 5.14. The third-order valence-corrected chi connectivity index (χ3v) is 3.59. The molecule has 0 radical (unpaired) electrons. The Balaban J connectivity index is 4.89. The van der Waals surface area contributed by atoms with Gasteiger partial charge in [-0.05, 0) is 12.8 Å². The van der Waals surface area contributed by atoms with Gasteiger partial charge in [0.25, 0.3) is 10.2 Å². The fourth-order valence-electron chi connectivity index (χ4n) is 1.21. The van der Waals surface area contributed by atoms with Gasteiger partial charge in [-0.2, -0.15) is 31.0 Å². The highest BCUT2D eigenvalue weighted by Crippen LogP contribution is 2.17. The number of aliphatic carboxylic acids is 1. The van der Waals surface area contributed by atoms with Crippen LogP contribution in [0.5, 0.6) is 0 Å². The van der Waals surface area contributed by atoms with Crippen molar-refractivity contribution in [2.24, 2.45) is 0 Å². The van der Waals surface area contributed by atoms with Crippen molar-refractivity contribution in [2.45, 2.75) is 38.4 Å². The van der Waals surface area contributed by atoms with Crippen LogP contribution in [0.1, 0.15) is 26.7 Å². The summed E-state index contributed by atoms with van der Waals surface area (Å²) in [5.41, 5.74) is -1.81. The molecule has 0 fully saturated rings. The van der Waals surface area contributed by atoms with Crippen LogP contribution in [-0.2, 0) is 15.0 Å². The fraction of sp³-hybridized carbons (Fsp3) is 0.875. The van der Waals surface area contributed by atoms with Crippen LogP contribution in [0, 0.1) is 0 Å². The lowest BCUT2D eigenvalue weighted by Gasteiger charge is -2.27. The van der Waals surface area contributed by atoms with Crippen molar-refractivity contribution in [2.75, 3.05) is 6.54 Å². The molecular formula is C8H15F3N2O4S. The molecule has 0 aromatic rings. The van der Waals surface area contributed by atoms with E-state index in [9.17, 15) is 26.4 Å². The minimum absolute atomic E-state index is 0.0915. The highest BCUT2D eigenvalue weighted by Gasteiger charge is 2.40. The Morgan fingerprint density at radius 1 is 1.22 bits per heavy atom. The number of rotatable bonds is 7. The zero-order valence-electron chi connectivity index (χ0n) is 9.84. The van der Waals surface area contributed by atoms with Gasteiger partial charge < -0.3 is 5.11 Å². The first-order valence-corrected chi connectivity index (χ1v) is 6.55. The molecule has 0 aromatic carbocycles. The van der Waals surface area contributed by atoms with E-state index < -0.39 is 34.4 Å². The van der Waals surface area contributed by atoms with E-state index in [1.165, 1.54) is 18.6 Å². The lowest BCUT2D eigenvalue weighted by atomic mass is 9.95. The van der Waals surface area contributed by atoms with Crippen LogP contribution in [0.15, 0.2) is 0 Å². The van der Waals surface area contributed by atoms with Crippen LogP contribution in [0.25, 0.3) is 0 Å². The van der Waals surface area contributed by atoms with Crippen LogP contribution in [-0.4, -0.2) is 37.8 Å². The van der Waals surface area contributed by atoms with Crippen molar-refractivity contribution in [3.8, 4) is 0 Å². The highest BCUT2D eigenvalue weighted by molar-refractivity contribution is 7.87. The van der Waals surface area contributed by atoms with Gasteiger partial charge in [0.15, 0.2) is 0 Å². The number of carboxylic acid groups (broad SMARTS) is 1. The van der Waals surface area contributed by atoms with Crippen LogP contribution in [0.3, 0.4) is 0 Å². The third-order valence-electron chi connectivity index (χ3n) is 2.41. The predicted octanol–water partition coefficient (Wildman–Crippen LogP) is 0.616. The number of hydrogen-bond donors (Lipinski definition) is 3. The summed E-state index contributed by atoms with van der Waals surface area (Å²) in [6.45, 7) is 1.08. The van der Waals surface area contributed by atoms with Crippen molar-refractivity contribution in [1.29, 1.82) is 0 Å². The standard InChI is InChI=1S/C8H15F3N2O4S/c1-3-7(4-2,6(14)15)13-18(16,17)12-5-8(9,10)11/h12-13H,3-5H2,1-2H3,(H,14,15). The quantitative estimate of drug-likeness (QED) is 0.641. The molecule has 108 valence electrons. The van der Waals surface area contributed by atoms with E-state index in [0.717, 1.165) is 0 Å². The normalized spacial score (nSPS) is 13.6. The number of halogens is 3. The summed E-state index contributed by atoms with van der Waals surface area (Å²) in [7, 11) is -4.54. The molecule has 0 rings (SSSR count). The SMILES string of the molecule is CCC(CC)(NS(=O)(=O)NCC(F)(F)F)C(=O)O. The van der Waals surface area contributed by atoms with E-state index in [4.69, 9.17) is 5.11 Å². The zero-order valence-corrected chi connectivity index (χ0v) is 10.7. The lowest BCUT2D eigenvalue weighted by Crippen LogP contribution is -2.57. The minimum Gasteiger partial charge on any atom is -0.480 e. The van der Waals surface area contributed by atoms with Gasteiger partial charge in [0.1, 0.15) is 12.1 Å². The summed E-state index contributed by atoms with van der Waals surface area (Å²) in [5, 5.41) is 8.94. The Hall–Kier alpha value is -0.870. The van der Waals surface area contributed by atoms with Crippen molar-refractivity contribution in [1.82, 2.24) is 9.44 Å². The Bertz CT molecular complexity index is 390. The number of hydrogen-bond acceptors (Lipinski definition) is 3. The Kier molecular flexibility index (Phi) is 5.56. The number of nitrogens with one attached hydrogen (secondary N) is 2. The fourth-order valence-corrected chi connectivity index (χ4v) is 2.53.